The number of carbonyl (C=O) groups excluding carboxylic acids is 1. The van der Waals surface area contributed by atoms with Gasteiger partial charge in [-0.2, -0.15) is 0 Å². The Hall–Kier alpha value is -2.92. The first kappa shape index (κ1) is 18.9. The molecule has 0 saturated heterocycles. The fraction of sp³-hybridized carbons (Fsp3) is 0.190. The maximum absolute atomic E-state index is 12.8. The Morgan fingerprint density at radius 3 is 2.56 bits per heavy atom. The van der Waals surface area contributed by atoms with Crippen LogP contribution in [0.5, 0.6) is 11.5 Å². The number of nitrogens with zero attached hydrogens (tertiary/aromatic N) is 1. The number of amides is 1. The van der Waals surface area contributed by atoms with Crippen molar-refractivity contribution in [2.45, 2.75) is 12.5 Å². The van der Waals surface area contributed by atoms with Crippen LogP contribution < -0.4 is 14.8 Å². The minimum absolute atomic E-state index is 0.142. The number of nitrogens with one attached hydrogen (secondary N) is 1. The molecule has 6 heteroatoms. The zero-order valence-corrected chi connectivity index (χ0v) is 15.9. The Kier molecular flexibility index (Phi) is 6.04. The molecule has 27 heavy (non-hydrogen) atoms. The topological polar surface area (TPSA) is 52.5 Å². The van der Waals surface area contributed by atoms with Gasteiger partial charge in [0.2, 0.25) is 5.91 Å². The van der Waals surface area contributed by atoms with Gasteiger partial charge in [-0.25, -0.2) is 0 Å². The molecule has 0 bridgehead atoms. The van der Waals surface area contributed by atoms with Crippen LogP contribution in [0, 0.1) is 0 Å². The molecule has 2 aromatic carbocycles. The van der Waals surface area contributed by atoms with Crippen molar-refractivity contribution in [2.24, 2.45) is 0 Å². The molecule has 3 rings (SSSR count). The lowest BCUT2D eigenvalue weighted by atomic mass is 10.0. The SMILES string of the molecule is COc1cccc(C(CC(=O)Nc2cc(Cl)ccc2OC)n2cccc2)c1. The molecule has 3 aromatic rings. The summed E-state index contributed by atoms with van der Waals surface area (Å²) in [5.74, 6) is 1.17. The van der Waals surface area contributed by atoms with Crippen LogP contribution in [0.3, 0.4) is 0 Å². The second-order valence-corrected chi connectivity index (χ2v) is 6.46. The van der Waals surface area contributed by atoms with E-state index in [9.17, 15) is 4.79 Å². The number of carbonyl (C=O) groups is 1. The van der Waals surface area contributed by atoms with E-state index < -0.39 is 0 Å². The number of hydrogen-bond donors (Lipinski definition) is 1. The molecule has 140 valence electrons. The molecule has 0 aliphatic heterocycles. The first-order valence-corrected chi connectivity index (χ1v) is 8.88. The predicted octanol–water partition coefficient (Wildman–Crippen LogP) is 4.78. The quantitative estimate of drug-likeness (QED) is 0.638. The second kappa shape index (κ2) is 8.64. The van der Waals surface area contributed by atoms with Gasteiger partial charge in [0, 0.05) is 17.4 Å². The van der Waals surface area contributed by atoms with Crippen molar-refractivity contribution >= 4 is 23.2 Å². The summed E-state index contributed by atoms with van der Waals surface area (Å²) < 4.78 is 12.6. The lowest BCUT2D eigenvalue weighted by Crippen LogP contribution is -2.20. The highest BCUT2D eigenvalue weighted by atomic mass is 35.5. The summed E-state index contributed by atoms with van der Waals surface area (Å²) in [6.07, 6.45) is 4.13. The van der Waals surface area contributed by atoms with E-state index in [1.807, 2.05) is 53.4 Å². The van der Waals surface area contributed by atoms with Crippen LogP contribution in [0.1, 0.15) is 18.0 Å². The lowest BCUT2D eigenvalue weighted by Gasteiger charge is -2.20. The third-order valence-electron chi connectivity index (χ3n) is 4.28. The molecule has 0 saturated carbocycles. The van der Waals surface area contributed by atoms with Gasteiger partial charge in [-0.05, 0) is 48.0 Å². The zero-order chi connectivity index (χ0) is 19.2. The molecule has 0 aliphatic rings. The van der Waals surface area contributed by atoms with Gasteiger partial charge in [0.15, 0.2) is 0 Å². The Balaban J connectivity index is 1.84. The first-order valence-electron chi connectivity index (χ1n) is 8.50. The van der Waals surface area contributed by atoms with Crippen molar-refractivity contribution in [1.29, 1.82) is 0 Å². The second-order valence-electron chi connectivity index (χ2n) is 6.02. The summed E-state index contributed by atoms with van der Waals surface area (Å²) in [5.41, 5.74) is 1.53. The molecule has 0 fully saturated rings. The van der Waals surface area contributed by atoms with Gasteiger partial charge in [0.25, 0.3) is 0 Å². The molecule has 0 aliphatic carbocycles. The number of ether oxygens (including phenoxy) is 2. The van der Waals surface area contributed by atoms with Gasteiger partial charge in [-0.15, -0.1) is 0 Å². The van der Waals surface area contributed by atoms with E-state index in [1.54, 1.807) is 32.4 Å². The Labute approximate surface area is 163 Å². The van der Waals surface area contributed by atoms with Crippen molar-refractivity contribution in [3.63, 3.8) is 0 Å². The van der Waals surface area contributed by atoms with Crippen LogP contribution in [-0.4, -0.2) is 24.7 Å². The summed E-state index contributed by atoms with van der Waals surface area (Å²) in [6, 6.07) is 16.6. The van der Waals surface area contributed by atoms with Gasteiger partial charge < -0.3 is 19.4 Å². The predicted molar refractivity (Wildman–Crippen MR) is 107 cm³/mol. The molecule has 1 aromatic heterocycles. The number of halogens is 1. The summed E-state index contributed by atoms with van der Waals surface area (Å²) in [5, 5.41) is 3.43. The fourth-order valence-electron chi connectivity index (χ4n) is 2.95. The van der Waals surface area contributed by atoms with Crippen molar-refractivity contribution in [3.05, 3.63) is 77.6 Å². The van der Waals surface area contributed by atoms with Crippen LogP contribution in [0.25, 0.3) is 0 Å². The Morgan fingerprint density at radius 1 is 1.07 bits per heavy atom. The van der Waals surface area contributed by atoms with Crippen LogP contribution in [0.15, 0.2) is 67.0 Å². The van der Waals surface area contributed by atoms with Gasteiger partial charge in [0.05, 0.1) is 32.4 Å². The molecule has 1 N–H and O–H groups in total. The first-order chi connectivity index (χ1) is 13.1. The highest BCUT2D eigenvalue weighted by Crippen LogP contribution is 2.30. The summed E-state index contributed by atoms with van der Waals surface area (Å²) >= 11 is 6.05. The third-order valence-corrected chi connectivity index (χ3v) is 4.52. The van der Waals surface area contributed by atoms with Gasteiger partial charge in [-0.3, -0.25) is 4.79 Å². The Morgan fingerprint density at radius 2 is 1.85 bits per heavy atom. The van der Waals surface area contributed by atoms with E-state index in [0.717, 1.165) is 11.3 Å². The van der Waals surface area contributed by atoms with Gasteiger partial charge in [0.1, 0.15) is 11.5 Å². The summed E-state index contributed by atoms with van der Waals surface area (Å²) in [4.78, 5) is 12.8. The summed E-state index contributed by atoms with van der Waals surface area (Å²) in [6.45, 7) is 0. The average Bonchev–Trinajstić information content (AvgIpc) is 3.21. The molecule has 1 heterocycles. The largest absolute Gasteiger partial charge is 0.497 e. The van der Waals surface area contributed by atoms with Crippen molar-refractivity contribution in [2.75, 3.05) is 19.5 Å². The highest BCUT2D eigenvalue weighted by Gasteiger charge is 2.19. The molecule has 0 spiro atoms. The van der Waals surface area contributed by atoms with E-state index in [-0.39, 0.29) is 18.4 Å². The minimum atomic E-state index is -0.166. The van der Waals surface area contributed by atoms with Crippen LogP contribution in [0.2, 0.25) is 5.02 Å². The van der Waals surface area contributed by atoms with Crippen molar-refractivity contribution in [1.82, 2.24) is 4.57 Å². The van der Waals surface area contributed by atoms with E-state index in [0.29, 0.717) is 16.5 Å². The number of aromatic nitrogens is 1. The normalized spacial score (nSPS) is 11.7. The van der Waals surface area contributed by atoms with Crippen LogP contribution in [-0.2, 0) is 4.79 Å². The number of methoxy groups -OCH3 is 2. The van der Waals surface area contributed by atoms with E-state index >= 15 is 0 Å². The Bertz CT molecular complexity index is 910. The molecule has 1 amide bonds. The van der Waals surface area contributed by atoms with Crippen LogP contribution in [0.4, 0.5) is 5.69 Å². The third kappa shape index (κ3) is 4.63. The van der Waals surface area contributed by atoms with E-state index in [1.165, 1.54) is 0 Å². The average molecular weight is 385 g/mol. The molecular weight excluding hydrogens is 364 g/mol. The maximum Gasteiger partial charge on any atom is 0.226 e. The lowest BCUT2D eigenvalue weighted by molar-refractivity contribution is -0.116. The van der Waals surface area contributed by atoms with Gasteiger partial charge >= 0.3 is 0 Å². The number of rotatable bonds is 7. The number of anilines is 1. The number of hydrogen-bond acceptors (Lipinski definition) is 3. The molecule has 1 unspecified atom stereocenters. The monoisotopic (exact) mass is 384 g/mol. The molecule has 0 radical (unpaired) electrons. The van der Waals surface area contributed by atoms with Gasteiger partial charge in [-0.1, -0.05) is 23.7 Å². The number of benzene rings is 2. The zero-order valence-electron chi connectivity index (χ0n) is 15.2. The van der Waals surface area contributed by atoms with Crippen molar-refractivity contribution in [3.8, 4) is 11.5 Å². The van der Waals surface area contributed by atoms with Crippen LogP contribution >= 0.6 is 11.6 Å². The molecular formula is C21H21ClN2O3. The summed E-state index contributed by atoms with van der Waals surface area (Å²) in [7, 11) is 3.18. The fourth-order valence-corrected chi connectivity index (χ4v) is 3.13. The smallest absolute Gasteiger partial charge is 0.226 e. The molecule has 5 nitrogen and oxygen atoms in total. The van der Waals surface area contributed by atoms with Crippen molar-refractivity contribution < 1.29 is 14.3 Å². The minimum Gasteiger partial charge on any atom is -0.497 e. The van der Waals surface area contributed by atoms with E-state index in [2.05, 4.69) is 5.32 Å². The highest BCUT2D eigenvalue weighted by molar-refractivity contribution is 6.31. The molecule has 1 atom stereocenters. The maximum atomic E-state index is 12.8. The van der Waals surface area contributed by atoms with E-state index in [4.69, 9.17) is 21.1 Å². The standard InChI is InChI=1S/C21H21ClN2O3/c1-26-17-7-5-6-15(12-17)19(24-10-3-4-11-24)14-21(25)23-18-13-16(22)8-9-20(18)27-2/h3-13,19H,14H2,1-2H3,(H,23,25).